The smallest absolute Gasteiger partial charge is 0.188 e. The van der Waals surface area contributed by atoms with Crippen molar-refractivity contribution < 1.29 is 9.47 Å². The molecular weight excluding hydrogens is 250 g/mol. The molecule has 0 aliphatic heterocycles. The SMILES string of the molecule is CCn1c(S)nnc1COc1ccccc1OC. The Hall–Kier alpha value is -1.69. The zero-order chi connectivity index (χ0) is 13.0. The maximum atomic E-state index is 5.69. The van der Waals surface area contributed by atoms with Crippen molar-refractivity contribution in [3.05, 3.63) is 30.1 Å². The molecule has 0 unspecified atom stereocenters. The Morgan fingerprint density at radius 1 is 1.22 bits per heavy atom. The molecule has 1 heterocycles. The molecule has 0 aliphatic rings. The molecule has 0 saturated heterocycles. The highest BCUT2D eigenvalue weighted by Gasteiger charge is 2.09. The predicted molar refractivity (Wildman–Crippen MR) is 70.3 cm³/mol. The standard InChI is InChI=1S/C12H15N3O2S/c1-3-15-11(13-14-12(15)18)8-17-10-7-5-4-6-9(10)16-2/h4-7H,3,8H2,1-2H3,(H,14,18). The molecule has 96 valence electrons. The van der Waals surface area contributed by atoms with Gasteiger partial charge in [0.1, 0.15) is 6.61 Å². The molecule has 18 heavy (non-hydrogen) atoms. The Bertz CT molecular complexity index is 528. The zero-order valence-corrected chi connectivity index (χ0v) is 11.2. The number of aromatic nitrogens is 3. The van der Waals surface area contributed by atoms with Crippen LogP contribution in [0.5, 0.6) is 11.5 Å². The fraction of sp³-hybridized carbons (Fsp3) is 0.333. The number of hydrogen-bond donors (Lipinski definition) is 1. The molecule has 0 saturated carbocycles. The lowest BCUT2D eigenvalue weighted by atomic mass is 10.3. The summed E-state index contributed by atoms with van der Waals surface area (Å²) >= 11 is 4.23. The molecule has 6 heteroatoms. The minimum atomic E-state index is 0.335. The number of methoxy groups -OCH3 is 1. The number of hydrogen-bond acceptors (Lipinski definition) is 5. The largest absolute Gasteiger partial charge is 0.493 e. The second kappa shape index (κ2) is 5.77. The summed E-state index contributed by atoms with van der Waals surface area (Å²) in [5.74, 6) is 2.13. The number of para-hydroxylation sites is 2. The van der Waals surface area contributed by atoms with Crippen LogP contribution < -0.4 is 9.47 Å². The molecule has 1 aromatic heterocycles. The first-order chi connectivity index (χ1) is 8.76. The second-order valence-electron chi connectivity index (χ2n) is 3.60. The molecule has 0 atom stereocenters. The van der Waals surface area contributed by atoms with Gasteiger partial charge in [-0.25, -0.2) is 0 Å². The van der Waals surface area contributed by atoms with Gasteiger partial charge in [0.15, 0.2) is 22.5 Å². The van der Waals surface area contributed by atoms with Crippen molar-refractivity contribution in [2.75, 3.05) is 7.11 Å². The van der Waals surface area contributed by atoms with Crippen LogP contribution in [0, 0.1) is 0 Å². The van der Waals surface area contributed by atoms with Crippen LogP contribution in [0.15, 0.2) is 29.4 Å². The van der Waals surface area contributed by atoms with Crippen molar-refractivity contribution in [1.29, 1.82) is 0 Å². The van der Waals surface area contributed by atoms with E-state index in [1.54, 1.807) is 7.11 Å². The van der Waals surface area contributed by atoms with Crippen LogP contribution in [-0.4, -0.2) is 21.9 Å². The van der Waals surface area contributed by atoms with Crippen molar-refractivity contribution >= 4 is 12.6 Å². The van der Waals surface area contributed by atoms with E-state index in [4.69, 9.17) is 9.47 Å². The summed E-state index contributed by atoms with van der Waals surface area (Å²) in [5.41, 5.74) is 0. The van der Waals surface area contributed by atoms with Gasteiger partial charge in [-0.1, -0.05) is 12.1 Å². The van der Waals surface area contributed by atoms with E-state index in [1.165, 1.54) is 0 Å². The van der Waals surface area contributed by atoms with Gasteiger partial charge in [0.2, 0.25) is 0 Å². The van der Waals surface area contributed by atoms with Gasteiger partial charge in [-0.2, -0.15) is 0 Å². The predicted octanol–water partition coefficient (Wildman–Crippen LogP) is 2.17. The van der Waals surface area contributed by atoms with Gasteiger partial charge in [-0.15, -0.1) is 22.8 Å². The van der Waals surface area contributed by atoms with Gasteiger partial charge < -0.3 is 14.0 Å². The molecule has 0 N–H and O–H groups in total. The lowest BCUT2D eigenvalue weighted by Crippen LogP contribution is -2.06. The van der Waals surface area contributed by atoms with E-state index in [0.717, 1.165) is 12.4 Å². The zero-order valence-electron chi connectivity index (χ0n) is 10.3. The molecular formula is C12H15N3O2S. The van der Waals surface area contributed by atoms with Gasteiger partial charge >= 0.3 is 0 Å². The number of rotatable bonds is 5. The summed E-state index contributed by atoms with van der Waals surface area (Å²) in [6, 6.07) is 7.50. The van der Waals surface area contributed by atoms with Gasteiger partial charge in [0.05, 0.1) is 7.11 Å². The third kappa shape index (κ3) is 2.59. The molecule has 1 aromatic carbocycles. The van der Waals surface area contributed by atoms with Crippen molar-refractivity contribution in [2.45, 2.75) is 25.2 Å². The average molecular weight is 265 g/mol. The normalized spacial score (nSPS) is 10.4. The molecule has 2 aromatic rings. The van der Waals surface area contributed by atoms with E-state index in [2.05, 4.69) is 22.8 Å². The lowest BCUT2D eigenvalue weighted by molar-refractivity contribution is 0.270. The maximum Gasteiger partial charge on any atom is 0.188 e. The fourth-order valence-corrected chi connectivity index (χ4v) is 1.94. The second-order valence-corrected chi connectivity index (χ2v) is 4.00. The number of benzene rings is 1. The van der Waals surface area contributed by atoms with E-state index < -0.39 is 0 Å². The summed E-state index contributed by atoms with van der Waals surface area (Å²) in [4.78, 5) is 0. The first-order valence-electron chi connectivity index (χ1n) is 5.63. The Morgan fingerprint density at radius 2 is 1.94 bits per heavy atom. The fourth-order valence-electron chi connectivity index (χ4n) is 1.64. The average Bonchev–Trinajstić information content (AvgIpc) is 2.77. The van der Waals surface area contributed by atoms with Crippen molar-refractivity contribution in [3.63, 3.8) is 0 Å². The topological polar surface area (TPSA) is 49.2 Å². The van der Waals surface area contributed by atoms with Crippen molar-refractivity contribution in [2.24, 2.45) is 0 Å². The first-order valence-corrected chi connectivity index (χ1v) is 6.07. The summed E-state index contributed by atoms with van der Waals surface area (Å²) in [6.07, 6.45) is 0. The van der Waals surface area contributed by atoms with E-state index >= 15 is 0 Å². The van der Waals surface area contributed by atoms with Crippen LogP contribution in [0.1, 0.15) is 12.7 Å². The van der Waals surface area contributed by atoms with Crippen LogP contribution in [0.25, 0.3) is 0 Å². The molecule has 0 bridgehead atoms. The van der Waals surface area contributed by atoms with Crippen LogP contribution >= 0.6 is 12.6 Å². The quantitative estimate of drug-likeness (QED) is 0.842. The summed E-state index contributed by atoms with van der Waals surface area (Å²) in [7, 11) is 1.61. The Morgan fingerprint density at radius 3 is 2.61 bits per heavy atom. The van der Waals surface area contributed by atoms with Gasteiger partial charge in [0, 0.05) is 6.54 Å². The Kier molecular flexibility index (Phi) is 4.09. The van der Waals surface area contributed by atoms with Gasteiger partial charge in [-0.3, -0.25) is 0 Å². The van der Waals surface area contributed by atoms with E-state index in [1.807, 2.05) is 35.8 Å². The van der Waals surface area contributed by atoms with E-state index in [0.29, 0.717) is 23.3 Å². The number of ether oxygens (including phenoxy) is 2. The molecule has 0 aliphatic carbocycles. The Balaban J connectivity index is 2.11. The van der Waals surface area contributed by atoms with E-state index in [-0.39, 0.29) is 0 Å². The molecule has 2 rings (SSSR count). The molecule has 0 radical (unpaired) electrons. The number of nitrogens with zero attached hydrogens (tertiary/aromatic N) is 3. The van der Waals surface area contributed by atoms with Crippen molar-refractivity contribution in [3.8, 4) is 11.5 Å². The minimum absolute atomic E-state index is 0.335. The lowest BCUT2D eigenvalue weighted by Gasteiger charge is -2.10. The minimum Gasteiger partial charge on any atom is -0.493 e. The van der Waals surface area contributed by atoms with Gasteiger partial charge in [0.25, 0.3) is 0 Å². The molecule has 0 spiro atoms. The van der Waals surface area contributed by atoms with Crippen LogP contribution in [0.3, 0.4) is 0 Å². The van der Waals surface area contributed by atoms with Crippen molar-refractivity contribution in [1.82, 2.24) is 14.8 Å². The summed E-state index contributed by atoms with van der Waals surface area (Å²) < 4.78 is 12.8. The third-order valence-electron chi connectivity index (χ3n) is 2.55. The first kappa shape index (κ1) is 12.8. The van der Waals surface area contributed by atoms with Gasteiger partial charge in [-0.05, 0) is 19.1 Å². The van der Waals surface area contributed by atoms with Crippen LogP contribution in [0.4, 0.5) is 0 Å². The third-order valence-corrected chi connectivity index (χ3v) is 2.88. The molecule has 0 amide bonds. The molecule has 5 nitrogen and oxygen atoms in total. The highest BCUT2D eigenvalue weighted by atomic mass is 32.1. The molecule has 0 fully saturated rings. The highest BCUT2D eigenvalue weighted by Crippen LogP contribution is 2.26. The van der Waals surface area contributed by atoms with Crippen LogP contribution in [-0.2, 0) is 13.2 Å². The maximum absolute atomic E-state index is 5.69. The highest BCUT2D eigenvalue weighted by molar-refractivity contribution is 7.80. The van der Waals surface area contributed by atoms with E-state index in [9.17, 15) is 0 Å². The summed E-state index contributed by atoms with van der Waals surface area (Å²) in [5, 5.41) is 8.53. The Labute approximate surface area is 111 Å². The monoisotopic (exact) mass is 265 g/mol. The summed E-state index contributed by atoms with van der Waals surface area (Å²) in [6.45, 7) is 3.11. The number of thiol groups is 1. The van der Waals surface area contributed by atoms with Crippen LogP contribution in [0.2, 0.25) is 0 Å².